The maximum Gasteiger partial charge on any atom is 0.226 e. The van der Waals surface area contributed by atoms with E-state index < -0.39 is 0 Å². The molecule has 2 atom stereocenters. The van der Waals surface area contributed by atoms with E-state index in [1.807, 2.05) is 34.9 Å². The fourth-order valence-electron chi connectivity index (χ4n) is 5.32. The summed E-state index contributed by atoms with van der Waals surface area (Å²) in [6.45, 7) is 9.99. The number of methoxy groups -OCH3 is 1. The number of para-hydroxylation sites is 1. The maximum absolute atomic E-state index is 13.3. The lowest BCUT2D eigenvalue weighted by atomic mass is 9.92. The number of piperidine rings is 1. The van der Waals surface area contributed by atoms with Crippen LogP contribution < -0.4 is 4.90 Å². The quantitative estimate of drug-likeness (QED) is 0.606. The lowest BCUT2D eigenvalue weighted by molar-refractivity contribution is -0.134. The second-order valence-electron chi connectivity index (χ2n) is 9.99. The summed E-state index contributed by atoms with van der Waals surface area (Å²) in [5.74, 6) is 0.927. The summed E-state index contributed by atoms with van der Waals surface area (Å²) in [7, 11) is 1.64. The minimum Gasteiger partial charge on any atom is -0.384 e. The average Bonchev–Trinajstić information content (AvgIpc) is 2.82. The van der Waals surface area contributed by atoms with Gasteiger partial charge in [-0.15, -0.1) is 0 Å². The average molecular weight is 458 g/mol. The number of ether oxygens (including phenoxy) is 1. The molecule has 0 aliphatic carbocycles. The van der Waals surface area contributed by atoms with Gasteiger partial charge in [-0.1, -0.05) is 45.4 Å². The van der Waals surface area contributed by atoms with Gasteiger partial charge in [-0.2, -0.15) is 0 Å². The lowest BCUT2D eigenvalue weighted by Gasteiger charge is -2.44. The second-order valence-corrected chi connectivity index (χ2v) is 9.99. The Bertz CT molecular complexity index is 782. The first-order valence-electron chi connectivity index (χ1n) is 12.8. The number of nitrogens with zero attached hydrogens (tertiary/aromatic N) is 3. The van der Waals surface area contributed by atoms with Crippen molar-refractivity contribution >= 4 is 17.5 Å². The van der Waals surface area contributed by atoms with E-state index >= 15 is 0 Å². The number of amides is 2. The molecule has 2 amide bonds. The van der Waals surface area contributed by atoms with Crippen LogP contribution in [-0.4, -0.2) is 67.0 Å². The van der Waals surface area contributed by atoms with Crippen LogP contribution in [0.5, 0.6) is 0 Å². The normalized spacial score (nSPS) is 22.1. The van der Waals surface area contributed by atoms with Crippen molar-refractivity contribution in [3.8, 4) is 0 Å². The molecule has 2 aliphatic rings. The Balaban J connectivity index is 1.99. The molecule has 2 bridgehead atoms. The summed E-state index contributed by atoms with van der Waals surface area (Å²) in [5, 5.41) is 0. The van der Waals surface area contributed by atoms with Gasteiger partial charge in [0, 0.05) is 50.9 Å². The van der Waals surface area contributed by atoms with E-state index in [0.29, 0.717) is 44.0 Å². The number of benzene rings is 1. The summed E-state index contributed by atoms with van der Waals surface area (Å²) >= 11 is 0. The largest absolute Gasteiger partial charge is 0.384 e. The van der Waals surface area contributed by atoms with Crippen molar-refractivity contribution < 1.29 is 14.3 Å². The zero-order valence-corrected chi connectivity index (χ0v) is 21.1. The smallest absolute Gasteiger partial charge is 0.226 e. The van der Waals surface area contributed by atoms with Gasteiger partial charge in [0.2, 0.25) is 11.8 Å². The third-order valence-corrected chi connectivity index (χ3v) is 7.21. The van der Waals surface area contributed by atoms with Crippen LogP contribution in [-0.2, 0) is 20.9 Å². The van der Waals surface area contributed by atoms with Crippen molar-refractivity contribution in [3.63, 3.8) is 0 Å². The number of hydrogen-bond donors (Lipinski definition) is 0. The monoisotopic (exact) mass is 457 g/mol. The molecule has 0 aromatic heterocycles. The highest BCUT2D eigenvalue weighted by Crippen LogP contribution is 2.31. The standard InChI is InChI=1S/C27H43N3O3/c1-5-26(31)30-17-14-23-10-8-11-24(29(23)16-13-21(2)3)20-28(27(32)15-18-33-4)19-22-9-6-7-12-25(22)30/h6-7,9,12,21,23-24H,5,8,10-11,13-20H2,1-4H3. The van der Waals surface area contributed by atoms with Crippen LogP contribution in [0, 0.1) is 5.92 Å². The van der Waals surface area contributed by atoms with E-state index in [1.54, 1.807) is 7.11 Å². The molecule has 184 valence electrons. The van der Waals surface area contributed by atoms with Crippen LogP contribution in [0.2, 0.25) is 0 Å². The highest BCUT2D eigenvalue weighted by molar-refractivity contribution is 5.94. The summed E-state index contributed by atoms with van der Waals surface area (Å²) in [6.07, 6.45) is 6.48. The van der Waals surface area contributed by atoms with Crippen molar-refractivity contribution in [2.45, 2.75) is 84.3 Å². The second kappa shape index (κ2) is 12.5. The zero-order valence-electron chi connectivity index (χ0n) is 21.1. The van der Waals surface area contributed by atoms with Crippen molar-refractivity contribution in [3.05, 3.63) is 29.8 Å². The summed E-state index contributed by atoms with van der Waals surface area (Å²) in [6, 6.07) is 8.95. The molecular formula is C27H43N3O3. The van der Waals surface area contributed by atoms with Crippen molar-refractivity contribution in [2.24, 2.45) is 5.92 Å². The van der Waals surface area contributed by atoms with E-state index in [-0.39, 0.29) is 11.8 Å². The van der Waals surface area contributed by atoms with Gasteiger partial charge in [-0.3, -0.25) is 14.5 Å². The molecule has 1 fully saturated rings. The summed E-state index contributed by atoms with van der Waals surface area (Å²) < 4.78 is 5.21. The van der Waals surface area contributed by atoms with E-state index in [4.69, 9.17) is 4.74 Å². The summed E-state index contributed by atoms with van der Waals surface area (Å²) in [4.78, 5) is 33.0. The third-order valence-electron chi connectivity index (χ3n) is 7.21. The first-order chi connectivity index (χ1) is 15.9. The van der Waals surface area contributed by atoms with Gasteiger partial charge in [0.25, 0.3) is 0 Å². The van der Waals surface area contributed by atoms with E-state index in [0.717, 1.165) is 50.1 Å². The molecule has 0 saturated carbocycles. The predicted molar refractivity (Wildman–Crippen MR) is 133 cm³/mol. The van der Waals surface area contributed by atoms with Crippen LogP contribution in [0.4, 0.5) is 5.69 Å². The fraction of sp³-hybridized carbons (Fsp3) is 0.704. The van der Waals surface area contributed by atoms with Crippen molar-refractivity contribution in [2.75, 3.05) is 38.3 Å². The molecule has 2 unspecified atom stereocenters. The van der Waals surface area contributed by atoms with Crippen LogP contribution in [0.1, 0.15) is 71.3 Å². The molecule has 6 heteroatoms. The van der Waals surface area contributed by atoms with E-state index in [9.17, 15) is 9.59 Å². The number of rotatable bonds is 7. The Morgan fingerprint density at radius 3 is 2.58 bits per heavy atom. The molecule has 33 heavy (non-hydrogen) atoms. The van der Waals surface area contributed by atoms with E-state index in [1.165, 1.54) is 12.8 Å². The van der Waals surface area contributed by atoms with Crippen LogP contribution in [0.3, 0.4) is 0 Å². The molecule has 1 saturated heterocycles. The topological polar surface area (TPSA) is 53.1 Å². The Kier molecular flexibility index (Phi) is 9.75. The van der Waals surface area contributed by atoms with Crippen molar-refractivity contribution in [1.82, 2.24) is 9.80 Å². The molecule has 0 radical (unpaired) electrons. The minimum atomic E-state index is 0.130. The molecule has 1 aromatic carbocycles. The van der Waals surface area contributed by atoms with Gasteiger partial charge < -0.3 is 14.5 Å². The van der Waals surface area contributed by atoms with E-state index in [2.05, 4.69) is 24.8 Å². The Hall–Kier alpha value is -1.92. The van der Waals surface area contributed by atoms with Gasteiger partial charge in [0.15, 0.2) is 0 Å². The first-order valence-corrected chi connectivity index (χ1v) is 12.8. The fourth-order valence-corrected chi connectivity index (χ4v) is 5.32. The van der Waals surface area contributed by atoms with Crippen molar-refractivity contribution in [1.29, 1.82) is 0 Å². The third kappa shape index (κ3) is 6.80. The SMILES string of the molecule is CCC(=O)N1CCC2CCCC(CN(C(=O)CCOC)Cc3ccccc31)N2CCC(C)C. The molecule has 0 spiro atoms. The van der Waals surface area contributed by atoms with Gasteiger partial charge in [-0.05, 0) is 49.8 Å². The molecular weight excluding hydrogens is 414 g/mol. The van der Waals surface area contributed by atoms with Crippen LogP contribution in [0.15, 0.2) is 24.3 Å². The van der Waals surface area contributed by atoms with Gasteiger partial charge in [-0.25, -0.2) is 0 Å². The Morgan fingerprint density at radius 2 is 1.85 bits per heavy atom. The zero-order chi connectivity index (χ0) is 23.8. The van der Waals surface area contributed by atoms with Gasteiger partial charge in [0.1, 0.15) is 0 Å². The molecule has 0 N–H and O–H groups in total. The highest BCUT2D eigenvalue weighted by atomic mass is 16.5. The number of anilines is 1. The number of hydrogen-bond acceptors (Lipinski definition) is 4. The first kappa shape index (κ1) is 25.7. The van der Waals surface area contributed by atoms with Gasteiger partial charge >= 0.3 is 0 Å². The molecule has 2 heterocycles. The molecule has 6 nitrogen and oxygen atoms in total. The summed E-state index contributed by atoms with van der Waals surface area (Å²) in [5.41, 5.74) is 2.01. The molecule has 2 aliphatic heterocycles. The number of carbonyl (C=O) groups excluding carboxylic acids is 2. The molecule has 3 rings (SSSR count). The number of carbonyl (C=O) groups is 2. The Labute approximate surface area is 200 Å². The van der Waals surface area contributed by atoms with Gasteiger partial charge in [0.05, 0.1) is 13.0 Å². The predicted octanol–water partition coefficient (Wildman–Crippen LogP) is 4.47. The number of fused-ring (bicyclic) bond motifs is 3. The highest BCUT2D eigenvalue weighted by Gasteiger charge is 2.34. The minimum absolute atomic E-state index is 0.130. The van der Waals surface area contributed by atoms with Crippen LogP contribution in [0.25, 0.3) is 0 Å². The molecule has 1 aromatic rings. The Morgan fingerprint density at radius 1 is 1.09 bits per heavy atom. The van der Waals surface area contributed by atoms with Crippen LogP contribution >= 0.6 is 0 Å². The maximum atomic E-state index is 13.3. The lowest BCUT2D eigenvalue weighted by Crippen LogP contribution is -2.53.